The number of Topliss-reactive ketones (excluding diaryl/α,β-unsaturated/α-hetero) is 1. The van der Waals surface area contributed by atoms with Crippen LogP contribution in [-0.4, -0.2) is 46.9 Å². The van der Waals surface area contributed by atoms with E-state index in [1.807, 2.05) is 0 Å². The first-order chi connectivity index (χ1) is 12.2. The van der Waals surface area contributed by atoms with Gasteiger partial charge in [-0.3, -0.25) is 14.5 Å². The summed E-state index contributed by atoms with van der Waals surface area (Å²) in [7, 11) is 0. The molecule has 1 aliphatic carbocycles. The summed E-state index contributed by atoms with van der Waals surface area (Å²) in [4.78, 5) is 38.8. The van der Waals surface area contributed by atoms with Gasteiger partial charge in [0.05, 0.1) is 6.54 Å². The fraction of sp³-hybridized carbons (Fsp3) is 0.526. The number of halogens is 1. The van der Waals surface area contributed by atoms with Crippen LogP contribution in [0.15, 0.2) is 28.7 Å². The van der Waals surface area contributed by atoms with Crippen molar-refractivity contribution in [3.8, 4) is 0 Å². The van der Waals surface area contributed by atoms with E-state index < -0.39 is 17.7 Å². The molecule has 140 valence electrons. The molecule has 1 aromatic rings. The molecule has 3 atom stereocenters. The van der Waals surface area contributed by atoms with Gasteiger partial charge in [0, 0.05) is 16.1 Å². The Hall–Kier alpha value is -1.89. The van der Waals surface area contributed by atoms with Crippen LogP contribution < -0.4 is 5.32 Å². The van der Waals surface area contributed by atoms with Gasteiger partial charge in [0.15, 0.2) is 5.78 Å². The summed E-state index contributed by atoms with van der Waals surface area (Å²) < 4.78 is 6.33. The molecule has 6 nitrogen and oxygen atoms in total. The Kier molecular flexibility index (Phi) is 5.10. The third-order valence-electron chi connectivity index (χ3n) is 4.60. The number of nitrogens with one attached hydrogen (secondary N) is 1. The van der Waals surface area contributed by atoms with Crippen molar-refractivity contribution >= 4 is 33.7 Å². The van der Waals surface area contributed by atoms with Gasteiger partial charge in [0.1, 0.15) is 11.6 Å². The zero-order chi connectivity index (χ0) is 19.1. The van der Waals surface area contributed by atoms with E-state index in [-0.39, 0.29) is 24.3 Å². The number of carbonyl (C=O) groups excluding carboxylic acids is 3. The molecule has 2 fully saturated rings. The summed E-state index contributed by atoms with van der Waals surface area (Å²) in [5, 5.41) is 2.68. The van der Waals surface area contributed by atoms with Crippen LogP contribution in [0.4, 0.5) is 4.79 Å². The number of piperidine rings is 1. The number of rotatable bonds is 4. The number of fused-ring (bicyclic) bond motifs is 1. The van der Waals surface area contributed by atoms with Crippen molar-refractivity contribution in [2.45, 2.75) is 51.3 Å². The summed E-state index contributed by atoms with van der Waals surface area (Å²) >= 11 is 3.32. The van der Waals surface area contributed by atoms with Gasteiger partial charge in [-0.1, -0.05) is 28.1 Å². The van der Waals surface area contributed by atoms with Gasteiger partial charge in [-0.25, -0.2) is 4.79 Å². The zero-order valence-electron chi connectivity index (χ0n) is 15.1. The Bertz CT molecular complexity index is 726. The van der Waals surface area contributed by atoms with E-state index in [9.17, 15) is 14.4 Å². The summed E-state index contributed by atoms with van der Waals surface area (Å²) in [5.41, 5.74) is -0.0745. The molecule has 0 spiro atoms. The first kappa shape index (κ1) is 18.9. The topological polar surface area (TPSA) is 75.7 Å². The van der Waals surface area contributed by atoms with E-state index in [2.05, 4.69) is 21.2 Å². The highest BCUT2D eigenvalue weighted by molar-refractivity contribution is 9.10. The van der Waals surface area contributed by atoms with Gasteiger partial charge in [0.2, 0.25) is 5.91 Å². The number of ether oxygens (including phenoxy) is 1. The minimum Gasteiger partial charge on any atom is -0.444 e. The number of amides is 2. The van der Waals surface area contributed by atoms with Crippen LogP contribution in [-0.2, 0) is 9.53 Å². The fourth-order valence-electron chi connectivity index (χ4n) is 3.29. The lowest BCUT2D eigenvalue weighted by atomic mass is 10.1. The van der Waals surface area contributed by atoms with Crippen molar-refractivity contribution in [2.75, 3.05) is 6.54 Å². The summed E-state index contributed by atoms with van der Waals surface area (Å²) in [6.07, 6.45) is 1.09. The number of hydrogen-bond acceptors (Lipinski definition) is 4. The second-order valence-corrected chi connectivity index (χ2v) is 8.77. The minimum atomic E-state index is -0.608. The third-order valence-corrected chi connectivity index (χ3v) is 5.13. The zero-order valence-corrected chi connectivity index (χ0v) is 16.7. The SMILES string of the molecule is CC(C)(C)OC(=O)N1[C@@H]2CC2C[C@H]1C(=O)NCC(=O)c1ccc(Br)cc1. The molecule has 1 aromatic carbocycles. The van der Waals surface area contributed by atoms with Crippen LogP contribution >= 0.6 is 15.9 Å². The number of hydrogen-bond donors (Lipinski definition) is 1. The monoisotopic (exact) mass is 422 g/mol. The van der Waals surface area contributed by atoms with Crippen molar-refractivity contribution < 1.29 is 19.1 Å². The van der Waals surface area contributed by atoms with E-state index in [0.29, 0.717) is 17.9 Å². The van der Waals surface area contributed by atoms with Gasteiger partial charge < -0.3 is 10.1 Å². The molecule has 0 aromatic heterocycles. The lowest BCUT2D eigenvalue weighted by molar-refractivity contribution is -0.125. The van der Waals surface area contributed by atoms with Gasteiger partial charge >= 0.3 is 6.09 Å². The molecule has 0 bridgehead atoms. The Balaban J connectivity index is 1.59. The molecule has 2 amide bonds. The first-order valence-corrected chi connectivity index (χ1v) is 9.53. The third kappa shape index (κ3) is 4.26. The smallest absolute Gasteiger partial charge is 0.411 e. The molecule has 1 saturated heterocycles. The number of carbonyl (C=O) groups is 3. The molecule has 26 heavy (non-hydrogen) atoms. The molecular formula is C19H23BrN2O4. The van der Waals surface area contributed by atoms with Crippen LogP contribution in [0, 0.1) is 5.92 Å². The van der Waals surface area contributed by atoms with E-state index in [1.54, 1.807) is 49.9 Å². The Morgan fingerprint density at radius 3 is 2.46 bits per heavy atom. The highest BCUT2D eigenvalue weighted by atomic mass is 79.9. The maximum absolute atomic E-state index is 12.6. The number of ketones is 1. The van der Waals surface area contributed by atoms with Gasteiger partial charge in [0.25, 0.3) is 0 Å². The molecule has 2 aliphatic rings. The fourth-order valence-corrected chi connectivity index (χ4v) is 3.56. The maximum Gasteiger partial charge on any atom is 0.411 e. The Morgan fingerprint density at radius 2 is 1.85 bits per heavy atom. The molecular weight excluding hydrogens is 400 g/mol. The summed E-state index contributed by atoms with van der Waals surface area (Å²) in [5.74, 6) is -0.105. The van der Waals surface area contributed by atoms with Crippen molar-refractivity contribution in [1.29, 1.82) is 0 Å². The van der Waals surface area contributed by atoms with Crippen molar-refractivity contribution in [3.63, 3.8) is 0 Å². The second kappa shape index (κ2) is 7.02. The quantitative estimate of drug-likeness (QED) is 0.756. The Morgan fingerprint density at radius 1 is 1.19 bits per heavy atom. The predicted octanol–water partition coefficient (Wildman–Crippen LogP) is 3.15. The largest absolute Gasteiger partial charge is 0.444 e. The van der Waals surface area contributed by atoms with Crippen molar-refractivity contribution in [2.24, 2.45) is 5.92 Å². The highest BCUT2D eigenvalue weighted by Crippen LogP contribution is 2.48. The van der Waals surface area contributed by atoms with Crippen molar-refractivity contribution in [1.82, 2.24) is 10.2 Å². The summed E-state index contributed by atoms with van der Waals surface area (Å²) in [6.45, 7) is 5.32. The average Bonchev–Trinajstić information content (AvgIpc) is 3.20. The molecule has 7 heteroatoms. The Labute approximate surface area is 161 Å². The highest BCUT2D eigenvalue weighted by Gasteiger charge is 2.57. The van der Waals surface area contributed by atoms with Gasteiger partial charge in [-0.05, 0) is 51.7 Å². The van der Waals surface area contributed by atoms with Gasteiger partial charge in [-0.2, -0.15) is 0 Å². The van der Waals surface area contributed by atoms with E-state index in [1.165, 1.54) is 0 Å². The van der Waals surface area contributed by atoms with Crippen LogP contribution in [0.3, 0.4) is 0 Å². The molecule has 1 aliphatic heterocycles. The summed E-state index contributed by atoms with van der Waals surface area (Å²) in [6, 6.07) is 6.49. The molecule has 1 heterocycles. The molecule has 0 radical (unpaired) electrons. The van der Waals surface area contributed by atoms with Crippen LogP contribution in [0.1, 0.15) is 44.0 Å². The number of likely N-dealkylation sites (tertiary alicyclic amines) is 1. The van der Waals surface area contributed by atoms with E-state index in [4.69, 9.17) is 4.74 Å². The predicted molar refractivity (Wildman–Crippen MR) is 99.9 cm³/mol. The molecule has 1 saturated carbocycles. The molecule has 3 rings (SSSR count). The number of nitrogens with zero attached hydrogens (tertiary/aromatic N) is 1. The standard InChI is InChI=1S/C19H23BrN2O4/c1-19(2,3)26-18(25)22-14-8-12(14)9-15(22)17(24)21-10-16(23)11-4-6-13(20)7-5-11/h4-7,12,14-15H,8-10H2,1-3H3,(H,21,24)/t12?,14-,15+/m1/s1. The first-order valence-electron chi connectivity index (χ1n) is 8.73. The molecule has 1 unspecified atom stereocenters. The maximum atomic E-state index is 12.6. The number of benzene rings is 1. The molecule has 1 N–H and O–H groups in total. The minimum absolute atomic E-state index is 0.0859. The van der Waals surface area contributed by atoms with E-state index in [0.717, 1.165) is 10.9 Å². The van der Waals surface area contributed by atoms with Crippen LogP contribution in [0.2, 0.25) is 0 Å². The normalized spacial score (nSPS) is 24.0. The van der Waals surface area contributed by atoms with Crippen LogP contribution in [0.25, 0.3) is 0 Å². The van der Waals surface area contributed by atoms with Gasteiger partial charge in [-0.15, -0.1) is 0 Å². The second-order valence-electron chi connectivity index (χ2n) is 7.85. The van der Waals surface area contributed by atoms with E-state index >= 15 is 0 Å². The average molecular weight is 423 g/mol. The lowest BCUT2D eigenvalue weighted by Crippen LogP contribution is -2.50. The van der Waals surface area contributed by atoms with Crippen molar-refractivity contribution in [3.05, 3.63) is 34.3 Å². The lowest BCUT2D eigenvalue weighted by Gasteiger charge is -2.29. The van der Waals surface area contributed by atoms with Crippen LogP contribution in [0.5, 0.6) is 0 Å².